The van der Waals surface area contributed by atoms with E-state index >= 15 is 0 Å². The molecule has 3 N–H and O–H groups in total. The molecular formula is C14H21BrN2. The summed E-state index contributed by atoms with van der Waals surface area (Å²) in [6, 6.07) is 8.29. The van der Waals surface area contributed by atoms with Crippen LogP contribution in [0.4, 0.5) is 5.69 Å². The first kappa shape index (κ1) is 12.9. The van der Waals surface area contributed by atoms with E-state index in [4.69, 9.17) is 5.73 Å². The standard InChI is InChI=1S/C14H21BrN2/c1-2-11-6-5-9-14(11,10-16)17-13-8-4-3-7-12(13)15/h3-4,7-8,11,17H,2,5-6,9-10,16H2,1H3. The maximum atomic E-state index is 6.05. The monoisotopic (exact) mass is 296 g/mol. The van der Waals surface area contributed by atoms with Crippen LogP contribution in [0, 0.1) is 5.92 Å². The van der Waals surface area contributed by atoms with Crippen molar-refractivity contribution in [3.63, 3.8) is 0 Å². The number of anilines is 1. The van der Waals surface area contributed by atoms with Gasteiger partial charge in [0.2, 0.25) is 0 Å². The molecule has 0 aliphatic heterocycles. The van der Waals surface area contributed by atoms with Gasteiger partial charge in [-0.15, -0.1) is 0 Å². The summed E-state index contributed by atoms with van der Waals surface area (Å²) in [5.74, 6) is 0.694. The Labute approximate surface area is 112 Å². The molecule has 2 atom stereocenters. The van der Waals surface area contributed by atoms with E-state index in [0.29, 0.717) is 12.5 Å². The van der Waals surface area contributed by atoms with Gasteiger partial charge >= 0.3 is 0 Å². The zero-order valence-electron chi connectivity index (χ0n) is 10.4. The Hall–Kier alpha value is -0.540. The van der Waals surface area contributed by atoms with Gasteiger partial charge < -0.3 is 11.1 Å². The van der Waals surface area contributed by atoms with Gasteiger partial charge in [0.15, 0.2) is 0 Å². The summed E-state index contributed by atoms with van der Waals surface area (Å²) in [7, 11) is 0. The number of hydrogen-bond acceptors (Lipinski definition) is 2. The topological polar surface area (TPSA) is 38.0 Å². The zero-order chi connectivity index (χ0) is 12.3. The Morgan fingerprint density at radius 2 is 2.24 bits per heavy atom. The van der Waals surface area contributed by atoms with Crippen molar-refractivity contribution in [2.75, 3.05) is 11.9 Å². The fraction of sp³-hybridized carbons (Fsp3) is 0.571. The minimum absolute atomic E-state index is 0.0959. The molecule has 1 saturated carbocycles. The molecule has 2 unspecified atom stereocenters. The van der Waals surface area contributed by atoms with Crippen molar-refractivity contribution in [1.29, 1.82) is 0 Å². The second-order valence-electron chi connectivity index (χ2n) is 4.96. The normalized spacial score (nSPS) is 28.3. The molecule has 0 radical (unpaired) electrons. The molecule has 0 saturated heterocycles. The van der Waals surface area contributed by atoms with Gasteiger partial charge in [-0.3, -0.25) is 0 Å². The summed E-state index contributed by atoms with van der Waals surface area (Å²) in [6.45, 7) is 2.98. The number of nitrogens with two attached hydrogens (primary N) is 1. The number of hydrogen-bond donors (Lipinski definition) is 2. The lowest BCUT2D eigenvalue weighted by molar-refractivity contribution is 0.346. The molecule has 1 aliphatic rings. The van der Waals surface area contributed by atoms with Gasteiger partial charge in [0.25, 0.3) is 0 Å². The van der Waals surface area contributed by atoms with Crippen LogP contribution in [0.1, 0.15) is 32.6 Å². The van der Waals surface area contributed by atoms with Crippen LogP contribution in [0.2, 0.25) is 0 Å². The molecule has 94 valence electrons. The smallest absolute Gasteiger partial charge is 0.0524 e. The Morgan fingerprint density at radius 3 is 2.88 bits per heavy atom. The third-order valence-electron chi connectivity index (χ3n) is 4.07. The van der Waals surface area contributed by atoms with E-state index < -0.39 is 0 Å². The van der Waals surface area contributed by atoms with Crippen LogP contribution in [0.15, 0.2) is 28.7 Å². The van der Waals surface area contributed by atoms with Gasteiger partial charge in [-0.2, -0.15) is 0 Å². The van der Waals surface area contributed by atoms with Crippen molar-refractivity contribution in [2.24, 2.45) is 11.7 Å². The second kappa shape index (κ2) is 5.40. The Balaban J connectivity index is 2.23. The number of halogens is 1. The molecule has 0 bridgehead atoms. The van der Waals surface area contributed by atoms with Crippen LogP contribution in [-0.2, 0) is 0 Å². The zero-order valence-corrected chi connectivity index (χ0v) is 12.0. The van der Waals surface area contributed by atoms with Crippen LogP contribution in [0.25, 0.3) is 0 Å². The molecule has 1 fully saturated rings. The quantitative estimate of drug-likeness (QED) is 0.888. The van der Waals surface area contributed by atoms with Crippen LogP contribution >= 0.6 is 15.9 Å². The maximum absolute atomic E-state index is 6.05. The molecule has 0 spiro atoms. The summed E-state index contributed by atoms with van der Waals surface area (Å²) in [5.41, 5.74) is 7.32. The first-order chi connectivity index (χ1) is 8.22. The van der Waals surface area contributed by atoms with Crippen LogP contribution < -0.4 is 11.1 Å². The van der Waals surface area contributed by atoms with Crippen molar-refractivity contribution < 1.29 is 0 Å². The highest BCUT2D eigenvalue weighted by Gasteiger charge is 2.40. The molecule has 1 aliphatic carbocycles. The lowest BCUT2D eigenvalue weighted by Crippen LogP contribution is -2.48. The molecule has 0 aromatic heterocycles. The molecule has 1 aromatic carbocycles. The minimum Gasteiger partial charge on any atom is -0.377 e. The van der Waals surface area contributed by atoms with Gasteiger partial charge in [0.05, 0.1) is 5.54 Å². The number of rotatable bonds is 4. The fourth-order valence-electron chi connectivity index (χ4n) is 3.05. The first-order valence-corrected chi connectivity index (χ1v) is 7.24. The third kappa shape index (κ3) is 2.50. The molecule has 2 nitrogen and oxygen atoms in total. The van der Waals surface area contributed by atoms with Crippen molar-refractivity contribution in [3.05, 3.63) is 28.7 Å². The average Bonchev–Trinajstić information content (AvgIpc) is 2.75. The van der Waals surface area contributed by atoms with Gasteiger partial charge in [-0.05, 0) is 46.8 Å². The summed E-state index contributed by atoms with van der Waals surface area (Å²) in [4.78, 5) is 0. The van der Waals surface area contributed by atoms with E-state index in [0.717, 1.165) is 4.47 Å². The molecule has 0 heterocycles. The third-order valence-corrected chi connectivity index (χ3v) is 4.76. The van der Waals surface area contributed by atoms with Gasteiger partial charge in [0, 0.05) is 16.7 Å². The van der Waals surface area contributed by atoms with Crippen LogP contribution in [-0.4, -0.2) is 12.1 Å². The summed E-state index contributed by atoms with van der Waals surface area (Å²) < 4.78 is 1.12. The molecular weight excluding hydrogens is 276 g/mol. The van der Waals surface area contributed by atoms with E-state index in [1.807, 2.05) is 6.07 Å². The van der Waals surface area contributed by atoms with Gasteiger partial charge in [-0.25, -0.2) is 0 Å². The Morgan fingerprint density at radius 1 is 1.47 bits per heavy atom. The first-order valence-electron chi connectivity index (χ1n) is 6.44. The van der Waals surface area contributed by atoms with Crippen LogP contribution in [0.3, 0.4) is 0 Å². The lowest BCUT2D eigenvalue weighted by Gasteiger charge is -2.36. The van der Waals surface area contributed by atoms with E-state index in [-0.39, 0.29) is 5.54 Å². The largest absolute Gasteiger partial charge is 0.377 e. The Kier molecular flexibility index (Phi) is 4.10. The molecule has 17 heavy (non-hydrogen) atoms. The lowest BCUT2D eigenvalue weighted by atomic mass is 9.85. The molecule has 2 rings (SSSR count). The van der Waals surface area contributed by atoms with Gasteiger partial charge in [-0.1, -0.05) is 31.9 Å². The summed E-state index contributed by atoms with van der Waals surface area (Å²) >= 11 is 3.60. The van der Waals surface area contributed by atoms with E-state index in [1.165, 1.54) is 31.4 Å². The van der Waals surface area contributed by atoms with Crippen LogP contribution in [0.5, 0.6) is 0 Å². The maximum Gasteiger partial charge on any atom is 0.0524 e. The molecule has 1 aromatic rings. The highest BCUT2D eigenvalue weighted by Crippen LogP contribution is 2.40. The van der Waals surface area contributed by atoms with E-state index in [1.54, 1.807) is 0 Å². The fourth-order valence-corrected chi connectivity index (χ4v) is 3.44. The van der Waals surface area contributed by atoms with Gasteiger partial charge in [0.1, 0.15) is 0 Å². The highest BCUT2D eigenvalue weighted by molar-refractivity contribution is 9.10. The number of para-hydroxylation sites is 1. The van der Waals surface area contributed by atoms with Crippen molar-refractivity contribution >= 4 is 21.6 Å². The van der Waals surface area contributed by atoms with Crippen molar-refractivity contribution in [3.8, 4) is 0 Å². The Bertz CT molecular complexity index is 380. The van der Waals surface area contributed by atoms with E-state index in [9.17, 15) is 0 Å². The van der Waals surface area contributed by atoms with Crippen molar-refractivity contribution in [2.45, 2.75) is 38.1 Å². The highest BCUT2D eigenvalue weighted by atomic mass is 79.9. The van der Waals surface area contributed by atoms with E-state index in [2.05, 4.69) is 46.4 Å². The number of benzene rings is 1. The summed E-state index contributed by atoms with van der Waals surface area (Å²) in [6.07, 6.45) is 4.97. The summed E-state index contributed by atoms with van der Waals surface area (Å²) in [5, 5.41) is 3.70. The molecule has 0 amide bonds. The predicted molar refractivity (Wildman–Crippen MR) is 77.2 cm³/mol. The average molecular weight is 297 g/mol. The predicted octanol–water partition coefficient (Wildman–Crippen LogP) is 3.77. The molecule has 3 heteroatoms. The second-order valence-corrected chi connectivity index (χ2v) is 5.82. The SMILES string of the molecule is CCC1CCCC1(CN)Nc1ccccc1Br. The number of nitrogens with one attached hydrogen (secondary N) is 1. The minimum atomic E-state index is 0.0959. The van der Waals surface area contributed by atoms with Crippen molar-refractivity contribution in [1.82, 2.24) is 0 Å².